The molecule has 8 heteroatoms. The Hall–Kier alpha value is -2.41. The highest BCUT2D eigenvalue weighted by Crippen LogP contribution is 2.26. The molecule has 0 fully saturated rings. The number of hydrogen-bond donors (Lipinski definition) is 2. The predicted octanol–water partition coefficient (Wildman–Crippen LogP) is 4.95. The van der Waals surface area contributed by atoms with E-state index in [0.29, 0.717) is 45.4 Å². The van der Waals surface area contributed by atoms with Gasteiger partial charge in [-0.15, -0.1) is 0 Å². The molecule has 0 spiro atoms. The number of carbonyl (C=O) groups is 1. The molecule has 164 valence electrons. The third kappa shape index (κ3) is 5.64. The van der Waals surface area contributed by atoms with Crippen LogP contribution < -0.4 is 11.3 Å². The Bertz CT molecular complexity index is 1120. The lowest BCUT2D eigenvalue weighted by molar-refractivity contribution is 0.0679. The second kappa shape index (κ2) is 10.8. The van der Waals surface area contributed by atoms with Gasteiger partial charge in [-0.2, -0.15) is 0 Å². The van der Waals surface area contributed by atoms with Crippen LogP contribution in [0.4, 0.5) is 0 Å². The largest absolute Gasteiger partial charge is 0.330 e. The highest BCUT2D eigenvalue weighted by molar-refractivity contribution is 6.42. The Balaban J connectivity index is 1.91. The molecular weight excluding hydrogens is 435 g/mol. The van der Waals surface area contributed by atoms with Gasteiger partial charge >= 0.3 is 0 Å². The zero-order valence-corrected chi connectivity index (χ0v) is 18.9. The van der Waals surface area contributed by atoms with Gasteiger partial charge in [-0.05, 0) is 56.6 Å². The van der Waals surface area contributed by atoms with E-state index in [4.69, 9.17) is 28.9 Å². The number of halogens is 2. The van der Waals surface area contributed by atoms with Crippen LogP contribution in [0.15, 0.2) is 47.3 Å². The molecule has 3 rings (SSSR count). The maximum atomic E-state index is 13.4. The van der Waals surface area contributed by atoms with Crippen LogP contribution in [0.2, 0.25) is 10.0 Å². The standard InChI is InChI=1S/C23H26Cl2N4O2/c1-15(21-27-20-9-5-4-8-17(20)22(30)28-21)29(13-7-3-2-6-12-26)23(31)16-10-11-18(24)19(25)14-16/h4-5,8-11,14-15H,2-3,6-7,12-13,26H2,1H3,(H,27,28,30). The summed E-state index contributed by atoms with van der Waals surface area (Å²) in [4.78, 5) is 35.1. The Morgan fingerprint density at radius 2 is 1.84 bits per heavy atom. The molecule has 1 atom stereocenters. The number of nitrogens with two attached hydrogens (primary N) is 1. The molecule has 0 aliphatic heterocycles. The number of para-hydroxylation sites is 1. The first-order chi connectivity index (χ1) is 14.9. The van der Waals surface area contributed by atoms with Gasteiger partial charge in [-0.3, -0.25) is 9.59 Å². The summed E-state index contributed by atoms with van der Waals surface area (Å²) in [6.45, 7) is 3.04. The zero-order chi connectivity index (χ0) is 22.4. The van der Waals surface area contributed by atoms with Crippen molar-refractivity contribution in [3.8, 4) is 0 Å². The van der Waals surface area contributed by atoms with Crippen molar-refractivity contribution in [2.75, 3.05) is 13.1 Å². The molecule has 1 heterocycles. The molecule has 1 unspecified atom stereocenters. The quantitative estimate of drug-likeness (QED) is 0.441. The van der Waals surface area contributed by atoms with Crippen LogP contribution >= 0.6 is 23.2 Å². The number of unbranched alkanes of at least 4 members (excludes halogenated alkanes) is 3. The van der Waals surface area contributed by atoms with E-state index in [1.807, 2.05) is 13.0 Å². The molecule has 2 aromatic carbocycles. The van der Waals surface area contributed by atoms with Crippen molar-refractivity contribution >= 4 is 40.0 Å². The predicted molar refractivity (Wildman–Crippen MR) is 126 cm³/mol. The summed E-state index contributed by atoms with van der Waals surface area (Å²) in [5.74, 6) is 0.250. The molecule has 0 aliphatic rings. The van der Waals surface area contributed by atoms with E-state index in [9.17, 15) is 9.59 Å². The van der Waals surface area contributed by atoms with E-state index in [1.54, 1.807) is 41.3 Å². The number of amides is 1. The first kappa shape index (κ1) is 23.3. The van der Waals surface area contributed by atoms with E-state index in [1.165, 1.54) is 0 Å². The number of benzene rings is 2. The smallest absolute Gasteiger partial charge is 0.258 e. The third-order valence-corrected chi connectivity index (χ3v) is 6.01. The molecule has 3 N–H and O–H groups in total. The first-order valence-corrected chi connectivity index (χ1v) is 11.1. The molecule has 1 aromatic heterocycles. The minimum atomic E-state index is -0.436. The van der Waals surface area contributed by atoms with Crippen molar-refractivity contribution < 1.29 is 4.79 Å². The van der Waals surface area contributed by atoms with Crippen LogP contribution in [0.3, 0.4) is 0 Å². The SMILES string of the molecule is CC(c1nc2ccccc2c(=O)[nH]1)N(CCCCCCN)C(=O)c1ccc(Cl)c(Cl)c1. The van der Waals surface area contributed by atoms with Gasteiger partial charge in [-0.1, -0.05) is 48.2 Å². The monoisotopic (exact) mass is 460 g/mol. The maximum Gasteiger partial charge on any atom is 0.258 e. The number of hydrogen-bond acceptors (Lipinski definition) is 4. The Labute approximate surface area is 191 Å². The number of aromatic amines is 1. The number of carbonyl (C=O) groups excluding carboxylic acids is 1. The summed E-state index contributed by atoms with van der Waals surface area (Å²) in [5, 5.41) is 1.23. The highest BCUT2D eigenvalue weighted by Gasteiger charge is 2.25. The lowest BCUT2D eigenvalue weighted by Crippen LogP contribution is -2.36. The van der Waals surface area contributed by atoms with Crippen LogP contribution in [0.25, 0.3) is 10.9 Å². The fourth-order valence-corrected chi connectivity index (χ4v) is 3.79. The summed E-state index contributed by atoms with van der Waals surface area (Å²) in [7, 11) is 0. The van der Waals surface area contributed by atoms with E-state index < -0.39 is 6.04 Å². The van der Waals surface area contributed by atoms with Crippen molar-refractivity contribution in [2.24, 2.45) is 5.73 Å². The van der Waals surface area contributed by atoms with Gasteiger partial charge in [0.05, 0.1) is 27.0 Å². The molecule has 3 aromatic rings. The molecular formula is C23H26Cl2N4O2. The Morgan fingerprint density at radius 3 is 2.58 bits per heavy atom. The van der Waals surface area contributed by atoms with Gasteiger partial charge in [0.2, 0.25) is 0 Å². The van der Waals surface area contributed by atoms with Gasteiger partial charge in [0, 0.05) is 12.1 Å². The van der Waals surface area contributed by atoms with Crippen LogP contribution in [0, 0.1) is 0 Å². The minimum Gasteiger partial charge on any atom is -0.330 e. The number of aromatic nitrogens is 2. The van der Waals surface area contributed by atoms with Gasteiger partial charge in [-0.25, -0.2) is 4.98 Å². The van der Waals surface area contributed by atoms with E-state index in [-0.39, 0.29) is 11.5 Å². The topological polar surface area (TPSA) is 92.1 Å². The van der Waals surface area contributed by atoms with Crippen molar-refractivity contribution in [1.29, 1.82) is 0 Å². The molecule has 0 bridgehead atoms. The highest BCUT2D eigenvalue weighted by atomic mass is 35.5. The summed E-state index contributed by atoms with van der Waals surface area (Å²) < 4.78 is 0. The molecule has 0 saturated carbocycles. The number of fused-ring (bicyclic) bond motifs is 1. The summed E-state index contributed by atoms with van der Waals surface area (Å²) in [6.07, 6.45) is 3.73. The average Bonchev–Trinajstić information content (AvgIpc) is 2.77. The van der Waals surface area contributed by atoms with Gasteiger partial charge in [0.25, 0.3) is 11.5 Å². The van der Waals surface area contributed by atoms with Crippen molar-refractivity contribution in [1.82, 2.24) is 14.9 Å². The lowest BCUT2D eigenvalue weighted by Gasteiger charge is -2.29. The summed E-state index contributed by atoms with van der Waals surface area (Å²) in [6, 6.07) is 11.5. The van der Waals surface area contributed by atoms with E-state index in [2.05, 4.69) is 9.97 Å². The number of rotatable bonds is 9. The third-order valence-electron chi connectivity index (χ3n) is 5.27. The summed E-state index contributed by atoms with van der Waals surface area (Å²) in [5.41, 5.74) is 6.38. The normalized spacial score (nSPS) is 12.1. The fraction of sp³-hybridized carbons (Fsp3) is 0.348. The lowest BCUT2D eigenvalue weighted by atomic mass is 10.1. The van der Waals surface area contributed by atoms with Crippen molar-refractivity contribution in [2.45, 2.75) is 38.6 Å². The minimum absolute atomic E-state index is 0.194. The van der Waals surface area contributed by atoms with Crippen LogP contribution in [-0.4, -0.2) is 33.9 Å². The Kier molecular flexibility index (Phi) is 8.07. The molecule has 31 heavy (non-hydrogen) atoms. The number of nitrogens with one attached hydrogen (secondary N) is 1. The van der Waals surface area contributed by atoms with Crippen molar-refractivity contribution in [3.63, 3.8) is 0 Å². The second-order valence-corrected chi connectivity index (χ2v) is 8.29. The summed E-state index contributed by atoms with van der Waals surface area (Å²) >= 11 is 12.1. The van der Waals surface area contributed by atoms with E-state index >= 15 is 0 Å². The van der Waals surface area contributed by atoms with Crippen LogP contribution in [-0.2, 0) is 0 Å². The molecule has 1 amide bonds. The second-order valence-electron chi connectivity index (χ2n) is 7.47. The first-order valence-electron chi connectivity index (χ1n) is 10.4. The van der Waals surface area contributed by atoms with Gasteiger partial charge < -0.3 is 15.6 Å². The van der Waals surface area contributed by atoms with E-state index in [0.717, 1.165) is 25.7 Å². The molecule has 0 saturated heterocycles. The van der Waals surface area contributed by atoms with Crippen LogP contribution in [0.1, 0.15) is 54.8 Å². The zero-order valence-electron chi connectivity index (χ0n) is 17.4. The maximum absolute atomic E-state index is 13.4. The number of nitrogens with zero attached hydrogens (tertiary/aromatic N) is 2. The molecule has 0 aliphatic carbocycles. The van der Waals surface area contributed by atoms with Crippen LogP contribution in [0.5, 0.6) is 0 Å². The van der Waals surface area contributed by atoms with Gasteiger partial charge in [0.15, 0.2) is 0 Å². The number of H-pyrrole nitrogens is 1. The molecule has 6 nitrogen and oxygen atoms in total. The Morgan fingerprint density at radius 1 is 1.10 bits per heavy atom. The molecule has 0 radical (unpaired) electrons. The van der Waals surface area contributed by atoms with Gasteiger partial charge in [0.1, 0.15) is 5.82 Å². The average molecular weight is 461 g/mol. The fourth-order valence-electron chi connectivity index (χ4n) is 3.50. The van der Waals surface area contributed by atoms with Crippen molar-refractivity contribution in [3.05, 3.63) is 74.3 Å².